The van der Waals surface area contributed by atoms with Crippen LogP contribution in [0, 0.1) is 12.3 Å². The van der Waals surface area contributed by atoms with Crippen molar-refractivity contribution in [1.82, 2.24) is 5.32 Å². The van der Waals surface area contributed by atoms with Gasteiger partial charge in [-0.2, -0.15) is 0 Å². The van der Waals surface area contributed by atoms with Gasteiger partial charge in [0.2, 0.25) is 0 Å². The van der Waals surface area contributed by atoms with E-state index in [0.717, 1.165) is 13.0 Å². The highest BCUT2D eigenvalue weighted by molar-refractivity contribution is 5.09. The Kier molecular flexibility index (Phi) is 4.98. The number of terminal acetylenes is 1. The summed E-state index contributed by atoms with van der Waals surface area (Å²) in [6.45, 7) is 7.40. The summed E-state index contributed by atoms with van der Waals surface area (Å²) in [6, 6.07) is 0. The largest absolute Gasteiger partial charge is 0.301 e. The second-order valence-electron chi connectivity index (χ2n) is 3.11. The predicted octanol–water partition coefficient (Wildman–Crippen LogP) is 2.18. The van der Waals surface area contributed by atoms with E-state index in [1.165, 1.54) is 12.8 Å². The smallest absolute Gasteiger partial charge is 0.0767 e. The lowest BCUT2D eigenvalue weighted by atomic mass is 10.0. The molecule has 0 heterocycles. The number of rotatable bonds is 5. The van der Waals surface area contributed by atoms with Crippen LogP contribution in [-0.2, 0) is 0 Å². The molecule has 64 valence electrons. The van der Waals surface area contributed by atoms with Crippen molar-refractivity contribution in [3.63, 3.8) is 0 Å². The molecule has 11 heavy (non-hydrogen) atoms. The van der Waals surface area contributed by atoms with Gasteiger partial charge >= 0.3 is 0 Å². The van der Waals surface area contributed by atoms with Crippen LogP contribution in [0.2, 0.25) is 0 Å². The van der Waals surface area contributed by atoms with Gasteiger partial charge in [-0.1, -0.05) is 26.2 Å². The molecule has 1 unspecified atom stereocenters. The van der Waals surface area contributed by atoms with Crippen LogP contribution < -0.4 is 5.32 Å². The van der Waals surface area contributed by atoms with Gasteiger partial charge in [0, 0.05) is 0 Å². The molecule has 1 nitrogen and oxygen atoms in total. The van der Waals surface area contributed by atoms with Crippen LogP contribution in [0.1, 0.15) is 40.0 Å². The van der Waals surface area contributed by atoms with Crippen LogP contribution in [0.15, 0.2) is 0 Å². The SMILES string of the molecule is C#CC(C)(CC)NCCCC. The Morgan fingerprint density at radius 3 is 2.45 bits per heavy atom. The van der Waals surface area contributed by atoms with Gasteiger partial charge in [-0.15, -0.1) is 6.42 Å². The van der Waals surface area contributed by atoms with Crippen molar-refractivity contribution in [2.75, 3.05) is 6.54 Å². The molecular weight excluding hydrogens is 134 g/mol. The summed E-state index contributed by atoms with van der Waals surface area (Å²) in [5, 5.41) is 3.36. The van der Waals surface area contributed by atoms with Crippen LogP contribution >= 0.6 is 0 Å². The van der Waals surface area contributed by atoms with Crippen molar-refractivity contribution in [2.24, 2.45) is 0 Å². The molecule has 0 bridgehead atoms. The third-order valence-corrected chi connectivity index (χ3v) is 2.07. The maximum atomic E-state index is 5.39. The van der Waals surface area contributed by atoms with Gasteiger partial charge in [-0.25, -0.2) is 0 Å². The van der Waals surface area contributed by atoms with E-state index in [0.29, 0.717) is 0 Å². The molecule has 0 saturated heterocycles. The van der Waals surface area contributed by atoms with Crippen LogP contribution in [0.25, 0.3) is 0 Å². The van der Waals surface area contributed by atoms with Crippen LogP contribution in [0.3, 0.4) is 0 Å². The minimum atomic E-state index is -0.0881. The molecule has 0 amide bonds. The Bertz CT molecular complexity index is 134. The van der Waals surface area contributed by atoms with E-state index in [9.17, 15) is 0 Å². The van der Waals surface area contributed by atoms with Gasteiger partial charge in [-0.3, -0.25) is 0 Å². The zero-order valence-corrected chi connectivity index (χ0v) is 7.91. The molecule has 0 radical (unpaired) electrons. The minimum absolute atomic E-state index is 0.0881. The third kappa shape index (κ3) is 4.06. The summed E-state index contributed by atoms with van der Waals surface area (Å²) in [5.74, 6) is 2.78. The topological polar surface area (TPSA) is 12.0 Å². The zero-order valence-electron chi connectivity index (χ0n) is 7.91. The fourth-order valence-electron chi connectivity index (χ4n) is 0.819. The molecule has 1 heteroatoms. The maximum Gasteiger partial charge on any atom is 0.0767 e. The van der Waals surface area contributed by atoms with E-state index >= 15 is 0 Å². The molecule has 0 aliphatic carbocycles. The highest BCUT2D eigenvalue weighted by atomic mass is 14.9. The number of hydrogen-bond donors (Lipinski definition) is 1. The van der Waals surface area contributed by atoms with Crippen LogP contribution in [0.5, 0.6) is 0 Å². The Balaban J connectivity index is 3.63. The van der Waals surface area contributed by atoms with Crippen LogP contribution in [0.4, 0.5) is 0 Å². The second-order valence-corrected chi connectivity index (χ2v) is 3.11. The summed E-state index contributed by atoms with van der Waals surface area (Å²) >= 11 is 0. The molecule has 0 saturated carbocycles. The third-order valence-electron chi connectivity index (χ3n) is 2.07. The fourth-order valence-corrected chi connectivity index (χ4v) is 0.819. The lowest BCUT2D eigenvalue weighted by molar-refractivity contribution is 0.434. The van der Waals surface area contributed by atoms with Crippen molar-refractivity contribution in [1.29, 1.82) is 0 Å². The summed E-state index contributed by atoms with van der Waals surface area (Å²) in [4.78, 5) is 0. The van der Waals surface area contributed by atoms with Gasteiger partial charge in [0.05, 0.1) is 5.54 Å². The average Bonchev–Trinajstić information content (AvgIpc) is 2.05. The van der Waals surface area contributed by atoms with E-state index in [1.54, 1.807) is 0 Å². The van der Waals surface area contributed by atoms with E-state index in [4.69, 9.17) is 6.42 Å². The molecule has 0 spiro atoms. The van der Waals surface area contributed by atoms with Crippen molar-refractivity contribution in [2.45, 2.75) is 45.6 Å². The Morgan fingerprint density at radius 2 is 2.09 bits per heavy atom. The fraction of sp³-hybridized carbons (Fsp3) is 0.800. The van der Waals surface area contributed by atoms with Gasteiger partial charge < -0.3 is 5.32 Å². The first-order chi connectivity index (χ1) is 5.18. The van der Waals surface area contributed by atoms with Gasteiger partial charge in [0.15, 0.2) is 0 Å². The average molecular weight is 153 g/mol. The molecule has 0 aromatic carbocycles. The normalized spacial score (nSPS) is 15.5. The predicted molar refractivity (Wildman–Crippen MR) is 50.4 cm³/mol. The molecule has 1 atom stereocenters. The van der Waals surface area contributed by atoms with Crippen molar-refractivity contribution >= 4 is 0 Å². The van der Waals surface area contributed by atoms with E-state index < -0.39 is 0 Å². The minimum Gasteiger partial charge on any atom is -0.301 e. The second kappa shape index (κ2) is 5.21. The summed E-state index contributed by atoms with van der Waals surface area (Å²) in [6.07, 6.45) is 8.81. The van der Waals surface area contributed by atoms with Gasteiger partial charge in [-0.05, 0) is 26.3 Å². The highest BCUT2D eigenvalue weighted by Crippen LogP contribution is 2.06. The molecule has 0 aliphatic heterocycles. The molecule has 0 aromatic heterocycles. The van der Waals surface area contributed by atoms with E-state index in [2.05, 4.69) is 32.0 Å². The lowest BCUT2D eigenvalue weighted by Gasteiger charge is -2.23. The molecular formula is C10H19N. The van der Waals surface area contributed by atoms with Gasteiger partial charge in [0.1, 0.15) is 0 Å². The van der Waals surface area contributed by atoms with E-state index in [1.807, 2.05) is 0 Å². The Labute approximate surface area is 70.6 Å². The van der Waals surface area contributed by atoms with Crippen LogP contribution in [-0.4, -0.2) is 12.1 Å². The van der Waals surface area contributed by atoms with Crippen molar-refractivity contribution in [3.05, 3.63) is 0 Å². The Morgan fingerprint density at radius 1 is 1.45 bits per heavy atom. The summed E-state index contributed by atoms with van der Waals surface area (Å²) in [5.41, 5.74) is -0.0881. The molecule has 0 fully saturated rings. The quantitative estimate of drug-likeness (QED) is 0.471. The first kappa shape index (κ1) is 10.5. The molecule has 1 N–H and O–H groups in total. The monoisotopic (exact) mass is 153 g/mol. The number of nitrogens with one attached hydrogen (secondary N) is 1. The molecule has 0 aromatic rings. The van der Waals surface area contributed by atoms with Crippen molar-refractivity contribution in [3.8, 4) is 12.3 Å². The maximum absolute atomic E-state index is 5.39. The lowest BCUT2D eigenvalue weighted by Crippen LogP contribution is -2.40. The summed E-state index contributed by atoms with van der Waals surface area (Å²) < 4.78 is 0. The van der Waals surface area contributed by atoms with Crippen molar-refractivity contribution < 1.29 is 0 Å². The number of unbranched alkanes of at least 4 members (excludes halogenated alkanes) is 1. The standard InChI is InChI=1S/C10H19N/c1-5-8-9-11-10(4,6-2)7-3/h2,11H,5,7-9H2,1,3-4H3. The molecule has 0 aliphatic rings. The highest BCUT2D eigenvalue weighted by Gasteiger charge is 2.15. The zero-order chi connectivity index (χ0) is 8.74. The first-order valence-electron chi connectivity index (χ1n) is 4.41. The first-order valence-corrected chi connectivity index (χ1v) is 4.41. The Hall–Kier alpha value is -0.480. The van der Waals surface area contributed by atoms with E-state index in [-0.39, 0.29) is 5.54 Å². The molecule has 0 rings (SSSR count). The van der Waals surface area contributed by atoms with Gasteiger partial charge in [0.25, 0.3) is 0 Å². The summed E-state index contributed by atoms with van der Waals surface area (Å²) in [7, 11) is 0. The number of hydrogen-bond acceptors (Lipinski definition) is 1.